The van der Waals surface area contributed by atoms with E-state index < -0.39 is 17.3 Å². The first-order chi connectivity index (χ1) is 14.1. The van der Waals surface area contributed by atoms with Gasteiger partial charge in [0.25, 0.3) is 0 Å². The monoisotopic (exact) mass is 432 g/mol. The van der Waals surface area contributed by atoms with Crippen LogP contribution in [0.25, 0.3) is 0 Å². The summed E-state index contributed by atoms with van der Waals surface area (Å²) in [5.74, 6) is -1.70. The topological polar surface area (TPSA) is 52.6 Å². The van der Waals surface area contributed by atoms with Crippen LogP contribution >= 0.6 is 0 Å². The number of carbonyl (C=O) groups is 2. The zero-order valence-electron chi connectivity index (χ0n) is 21.5. The maximum atomic E-state index is 13.0. The number of carbonyl (C=O) groups excluding carboxylic acids is 2. The van der Waals surface area contributed by atoms with Crippen LogP contribution in [0.2, 0.25) is 0 Å². The van der Waals surface area contributed by atoms with E-state index in [4.69, 9.17) is 9.47 Å². The van der Waals surface area contributed by atoms with E-state index in [0.717, 1.165) is 6.42 Å². The van der Waals surface area contributed by atoms with Gasteiger partial charge in [0.1, 0.15) is 0 Å². The van der Waals surface area contributed by atoms with E-state index in [1.165, 1.54) is 19.8 Å². The molecule has 0 saturated carbocycles. The molecule has 0 amide bonds. The summed E-state index contributed by atoms with van der Waals surface area (Å²) in [5.41, 5.74) is 0.666. The first-order valence-corrected chi connectivity index (χ1v) is 11.3. The van der Waals surface area contributed by atoms with Crippen molar-refractivity contribution in [2.75, 3.05) is 14.2 Å². The molecule has 1 aromatic carbocycles. The van der Waals surface area contributed by atoms with E-state index in [9.17, 15) is 9.59 Å². The highest BCUT2D eigenvalue weighted by Gasteiger charge is 2.50. The van der Waals surface area contributed by atoms with Gasteiger partial charge in [-0.3, -0.25) is 9.59 Å². The third-order valence-corrected chi connectivity index (χ3v) is 6.97. The van der Waals surface area contributed by atoms with Gasteiger partial charge in [-0.05, 0) is 40.1 Å². The smallest absolute Gasteiger partial charge is 0.310 e. The number of rotatable bonds is 8. The first-order valence-electron chi connectivity index (χ1n) is 11.3. The van der Waals surface area contributed by atoms with Gasteiger partial charge < -0.3 is 9.47 Å². The lowest BCUT2D eigenvalue weighted by Gasteiger charge is -2.45. The summed E-state index contributed by atoms with van der Waals surface area (Å²) in [6.45, 7) is 19.2. The summed E-state index contributed by atoms with van der Waals surface area (Å²) < 4.78 is 10.3. The highest BCUT2D eigenvalue weighted by molar-refractivity contribution is 5.83. The fourth-order valence-corrected chi connectivity index (χ4v) is 4.74. The lowest BCUT2D eigenvalue weighted by molar-refractivity contribution is -0.167. The van der Waals surface area contributed by atoms with Crippen molar-refractivity contribution in [3.05, 3.63) is 35.9 Å². The van der Waals surface area contributed by atoms with E-state index in [0.29, 0.717) is 5.92 Å². The van der Waals surface area contributed by atoms with Gasteiger partial charge >= 0.3 is 11.9 Å². The fourth-order valence-electron chi connectivity index (χ4n) is 4.74. The Morgan fingerprint density at radius 3 is 1.68 bits per heavy atom. The van der Waals surface area contributed by atoms with E-state index in [2.05, 4.69) is 65.8 Å². The first kappa shape index (κ1) is 27.2. The van der Waals surface area contributed by atoms with E-state index in [-0.39, 0.29) is 28.7 Å². The number of methoxy groups -OCH3 is 2. The summed E-state index contributed by atoms with van der Waals surface area (Å²) in [6.07, 6.45) is 0.882. The third kappa shape index (κ3) is 6.82. The van der Waals surface area contributed by atoms with Crippen LogP contribution in [0.5, 0.6) is 0 Å². The van der Waals surface area contributed by atoms with Gasteiger partial charge in [0.05, 0.1) is 26.1 Å². The minimum absolute atomic E-state index is 0.0465. The van der Waals surface area contributed by atoms with Gasteiger partial charge in [-0.1, -0.05) is 92.6 Å². The predicted octanol–water partition coefficient (Wildman–Crippen LogP) is 6.49. The summed E-state index contributed by atoms with van der Waals surface area (Å²) in [7, 11) is 2.78. The second kappa shape index (κ2) is 10.2. The quantitative estimate of drug-likeness (QED) is 0.440. The lowest BCUT2D eigenvalue weighted by Crippen LogP contribution is -2.47. The molecule has 4 heteroatoms. The largest absolute Gasteiger partial charge is 0.469 e. The van der Waals surface area contributed by atoms with Crippen LogP contribution in [0.3, 0.4) is 0 Å². The molecule has 0 aromatic heterocycles. The fraction of sp³-hybridized carbons (Fsp3) is 0.704. The molecule has 0 fully saturated rings. The molecule has 4 atom stereocenters. The average Bonchev–Trinajstić information content (AvgIpc) is 2.67. The lowest BCUT2D eigenvalue weighted by atomic mass is 9.59. The Bertz CT molecular complexity index is 722. The molecule has 0 bridgehead atoms. The zero-order valence-corrected chi connectivity index (χ0v) is 21.5. The Hall–Kier alpha value is -1.84. The second-order valence-corrected chi connectivity index (χ2v) is 11.7. The molecule has 0 aliphatic carbocycles. The summed E-state index contributed by atoms with van der Waals surface area (Å²) in [5, 5.41) is 0. The van der Waals surface area contributed by atoms with Crippen molar-refractivity contribution in [1.82, 2.24) is 0 Å². The molecule has 0 spiro atoms. The summed E-state index contributed by atoms with van der Waals surface area (Å²) in [6, 6.07) is 10.6. The molecular formula is C27H44O4. The van der Waals surface area contributed by atoms with Gasteiger partial charge in [-0.2, -0.15) is 0 Å². The number of benzene rings is 1. The van der Waals surface area contributed by atoms with Crippen molar-refractivity contribution in [2.45, 2.75) is 74.7 Å². The number of esters is 2. The molecule has 176 valence electrons. The van der Waals surface area contributed by atoms with Crippen LogP contribution in [0.1, 0.15) is 80.2 Å². The van der Waals surface area contributed by atoms with Gasteiger partial charge in [0.15, 0.2) is 0 Å². The molecule has 0 heterocycles. The average molecular weight is 433 g/mol. The zero-order chi connectivity index (χ0) is 24.2. The Labute approximate surface area is 190 Å². The molecule has 1 rings (SSSR count). The van der Waals surface area contributed by atoms with Crippen molar-refractivity contribution >= 4 is 11.9 Å². The molecular weight excluding hydrogens is 388 g/mol. The molecule has 0 aliphatic heterocycles. The maximum absolute atomic E-state index is 13.0. The Morgan fingerprint density at radius 2 is 1.29 bits per heavy atom. The molecule has 4 nitrogen and oxygen atoms in total. The number of ether oxygens (including phenoxy) is 2. The van der Waals surface area contributed by atoms with Crippen LogP contribution in [-0.4, -0.2) is 26.2 Å². The van der Waals surface area contributed by atoms with Gasteiger partial charge in [0, 0.05) is 0 Å². The Kier molecular flexibility index (Phi) is 8.94. The SMILES string of the molecule is COC(=O)C(C(C(=O)OC)C(C)(C)C)C(C)C(C)(C)CC(c1ccccc1)C(C)(C)C. The van der Waals surface area contributed by atoms with Crippen molar-refractivity contribution < 1.29 is 19.1 Å². The highest BCUT2D eigenvalue weighted by atomic mass is 16.5. The third-order valence-electron chi connectivity index (χ3n) is 6.97. The summed E-state index contributed by atoms with van der Waals surface area (Å²) in [4.78, 5) is 25.9. The minimum Gasteiger partial charge on any atom is -0.469 e. The van der Waals surface area contributed by atoms with Crippen molar-refractivity contribution in [1.29, 1.82) is 0 Å². The van der Waals surface area contributed by atoms with Crippen molar-refractivity contribution in [2.24, 2.45) is 34.0 Å². The van der Waals surface area contributed by atoms with Crippen LogP contribution < -0.4 is 0 Å². The van der Waals surface area contributed by atoms with Crippen LogP contribution in [0.4, 0.5) is 0 Å². The van der Waals surface area contributed by atoms with Crippen LogP contribution in [0, 0.1) is 34.0 Å². The normalized spacial score (nSPS) is 16.7. The molecule has 0 saturated heterocycles. The van der Waals surface area contributed by atoms with Crippen molar-refractivity contribution in [3.8, 4) is 0 Å². The molecule has 0 radical (unpaired) electrons. The standard InChI is InChI=1S/C27H44O4/c1-18(21(23(28)30-10)22(24(29)31-11)26(5,6)7)27(8,9)17-20(25(2,3)4)19-15-13-12-14-16-19/h12-16,18,20-22H,17H2,1-11H3. The van der Waals surface area contributed by atoms with Gasteiger partial charge in [-0.25, -0.2) is 0 Å². The molecule has 4 unspecified atom stereocenters. The molecule has 31 heavy (non-hydrogen) atoms. The van der Waals surface area contributed by atoms with E-state index in [1.54, 1.807) is 0 Å². The molecule has 0 N–H and O–H groups in total. The molecule has 0 aliphatic rings. The summed E-state index contributed by atoms with van der Waals surface area (Å²) >= 11 is 0. The van der Waals surface area contributed by atoms with Gasteiger partial charge in [-0.15, -0.1) is 0 Å². The van der Waals surface area contributed by atoms with Crippen LogP contribution in [-0.2, 0) is 19.1 Å². The second-order valence-electron chi connectivity index (χ2n) is 11.7. The number of hydrogen-bond donors (Lipinski definition) is 0. The number of hydrogen-bond acceptors (Lipinski definition) is 4. The van der Waals surface area contributed by atoms with Gasteiger partial charge in [0.2, 0.25) is 0 Å². The maximum Gasteiger partial charge on any atom is 0.310 e. The van der Waals surface area contributed by atoms with E-state index in [1.807, 2.05) is 26.8 Å². The van der Waals surface area contributed by atoms with E-state index >= 15 is 0 Å². The molecule has 1 aromatic rings. The Balaban J connectivity index is 3.44. The minimum atomic E-state index is -0.594. The van der Waals surface area contributed by atoms with Crippen molar-refractivity contribution in [3.63, 3.8) is 0 Å². The Morgan fingerprint density at radius 1 is 0.806 bits per heavy atom. The van der Waals surface area contributed by atoms with Crippen LogP contribution in [0.15, 0.2) is 30.3 Å². The highest BCUT2D eigenvalue weighted by Crippen LogP contribution is 2.50. The predicted molar refractivity (Wildman–Crippen MR) is 127 cm³/mol.